The molecular weight excluding hydrogens is 216 g/mol. The first kappa shape index (κ1) is 13.5. The Morgan fingerprint density at radius 1 is 1.24 bits per heavy atom. The summed E-state index contributed by atoms with van der Waals surface area (Å²) in [6.45, 7) is 1.40. The summed E-state index contributed by atoms with van der Waals surface area (Å²) < 4.78 is 5.63. The van der Waals surface area contributed by atoms with Gasteiger partial charge in [-0.25, -0.2) is 0 Å². The summed E-state index contributed by atoms with van der Waals surface area (Å²) in [5.74, 6) is 0.646. The lowest BCUT2D eigenvalue weighted by Crippen LogP contribution is -2.20. The van der Waals surface area contributed by atoms with Gasteiger partial charge in [0.05, 0.1) is 11.3 Å². The lowest BCUT2D eigenvalue weighted by Gasteiger charge is -2.18. The fourth-order valence-electron chi connectivity index (χ4n) is 1.50. The van der Waals surface area contributed by atoms with E-state index in [2.05, 4.69) is 0 Å². The van der Waals surface area contributed by atoms with Crippen LogP contribution in [0.15, 0.2) is 18.2 Å². The van der Waals surface area contributed by atoms with Crippen molar-refractivity contribution in [2.75, 3.05) is 46.2 Å². The van der Waals surface area contributed by atoms with E-state index in [-0.39, 0.29) is 0 Å². The highest BCUT2D eigenvalue weighted by molar-refractivity contribution is 5.88. The zero-order valence-electron chi connectivity index (χ0n) is 10.9. The monoisotopic (exact) mass is 236 g/mol. The van der Waals surface area contributed by atoms with Crippen molar-refractivity contribution in [2.45, 2.75) is 0 Å². The van der Waals surface area contributed by atoms with Crippen LogP contribution in [0.2, 0.25) is 0 Å². The number of hydrogen-bond acceptors (Lipinski definition) is 4. The molecule has 94 valence electrons. The molecule has 0 atom stereocenters. The van der Waals surface area contributed by atoms with E-state index in [0.717, 1.165) is 18.5 Å². The van der Waals surface area contributed by atoms with Crippen LogP contribution in [-0.4, -0.2) is 52.5 Å². The Bertz CT molecular complexity index is 376. The summed E-state index contributed by atoms with van der Waals surface area (Å²) in [6.07, 6.45) is 0.848. The molecule has 4 heteroatoms. The molecule has 17 heavy (non-hydrogen) atoms. The number of benzene rings is 1. The highest BCUT2D eigenvalue weighted by atomic mass is 16.5. The molecule has 0 fully saturated rings. The molecule has 0 heterocycles. The number of anilines is 1. The molecule has 0 aromatic heterocycles. The van der Waals surface area contributed by atoms with E-state index in [4.69, 9.17) is 4.74 Å². The minimum absolute atomic E-state index is 0.574. The summed E-state index contributed by atoms with van der Waals surface area (Å²) in [7, 11) is 7.79. The highest BCUT2D eigenvalue weighted by Gasteiger charge is 2.10. The van der Waals surface area contributed by atoms with Crippen molar-refractivity contribution in [1.29, 1.82) is 0 Å². The molecule has 1 aromatic rings. The van der Waals surface area contributed by atoms with E-state index < -0.39 is 0 Å². The number of aldehydes is 1. The van der Waals surface area contributed by atoms with Gasteiger partial charge >= 0.3 is 0 Å². The van der Waals surface area contributed by atoms with Crippen LogP contribution in [0.3, 0.4) is 0 Å². The highest BCUT2D eigenvalue weighted by Crippen LogP contribution is 2.26. The maximum Gasteiger partial charge on any atom is 0.155 e. The second kappa shape index (κ2) is 6.25. The molecule has 0 aliphatic rings. The smallest absolute Gasteiger partial charge is 0.155 e. The normalized spacial score (nSPS) is 10.4. The Labute approximate surface area is 103 Å². The molecule has 0 unspecified atom stereocenters. The van der Waals surface area contributed by atoms with E-state index in [1.54, 1.807) is 0 Å². The molecule has 0 radical (unpaired) electrons. The van der Waals surface area contributed by atoms with Crippen LogP contribution in [0.4, 0.5) is 5.69 Å². The van der Waals surface area contributed by atoms with Gasteiger partial charge in [0, 0.05) is 20.6 Å². The number of carbonyl (C=O) groups excluding carboxylic acids is 1. The van der Waals surface area contributed by atoms with E-state index >= 15 is 0 Å². The van der Waals surface area contributed by atoms with Gasteiger partial charge in [-0.2, -0.15) is 0 Å². The maximum atomic E-state index is 11.1. The Balaban J connectivity index is 2.84. The van der Waals surface area contributed by atoms with E-state index in [9.17, 15) is 4.79 Å². The van der Waals surface area contributed by atoms with Crippen molar-refractivity contribution in [3.63, 3.8) is 0 Å². The first-order valence-corrected chi connectivity index (χ1v) is 5.59. The molecular formula is C13H20N2O2. The molecule has 4 nitrogen and oxygen atoms in total. The predicted octanol–water partition coefficient (Wildman–Crippen LogP) is 1.51. The SMILES string of the molecule is CN(C)CCOc1cccc(N(C)C)c1C=O. The Kier molecular flexibility index (Phi) is 4.97. The van der Waals surface area contributed by atoms with Gasteiger partial charge in [-0.1, -0.05) is 6.07 Å². The van der Waals surface area contributed by atoms with Crippen molar-refractivity contribution < 1.29 is 9.53 Å². The fraction of sp³-hybridized carbons (Fsp3) is 0.462. The summed E-state index contributed by atoms with van der Waals surface area (Å²) in [4.78, 5) is 15.1. The number of likely N-dealkylation sites (N-methyl/N-ethyl adjacent to an activating group) is 1. The summed E-state index contributed by atoms with van der Waals surface area (Å²) in [5.41, 5.74) is 1.48. The number of nitrogens with zero attached hydrogens (tertiary/aromatic N) is 2. The first-order valence-electron chi connectivity index (χ1n) is 5.59. The molecule has 1 rings (SSSR count). The van der Waals surface area contributed by atoms with Crippen molar-refractivity contribution in [2.24, 2.45) is 0 Å². The van der Waals surface area contributed by atoms with Crippen molar-refractivity contribution >= 4 is 12.0 Å². The summed E-state index contributed by atoms with van der Waals surface area (Å²) in [6, 6.07) is 5.63. The molecule has 0 bridgehead atoms. The second-order valence-corrected chi connectivity index (χ2v) is 4.35. The summed E-state index contributed by atoms with van der Waals surface area (Å²) >= 11 is 0. The van der Waals surface area contributed by atoms with Crippen LogP contribution in [0, 0.1) is 0 Å². The van der Waals surface area contributed by atoms with Gasteiger partial charge in [0.2, 0.25) is 0 Å². The van der Waals surface area contributed by atoms with Crippen LogP contribution in [-0.2, 0) is 0 Å². The minimum Gasteiger partial charge on any atom is -0.491 e. The standard InChI is InChI=1S/C13H20N2O2/c1-14(2)8-9-17-13-7-5-6-12(15(3)4)11(13)10-16/h5-7,10H,8-9H2,1-4H3. The number of carbonyl (C=O) groups is 1. The molecule has 0 saturated heterocycles. The van der Waals surface area contributed by atoms with Gasteiger partial charge in [0.15, 0.2) is 6.29 Å². The number of ether oxygens (including phenoxy) is 1. The van der Waals surface area contributed by atoms with Crippen LogP contribution < -0.4 is 9.64 Å². The molecule has 0 saturated carbocycles. The van der Waals surface area contributed by atoms with Gasteiger partial charge in [0.1, 0.15) is 12.4 Å². The zero-order valence-corrected chi connectivity index (χ0v) is 10.9. The van der Waals surface area contributed by atoms with Gasteiger partial charge in [-0.15, -0.1) is 0 Å². The minimum atomic E-state index is 0.574. The second-order valence-electron chi connectivity index (χ2n) is 4.35. The van der Waals surface area contributed by atoms with Gasteiger partial charge in [0.25, 0.3) is 0 Å². The lowest BCUT2D eigenvalue weighted by molar-refractivity contribution is 0.111. The van der Waals surface area contributed by atoms with Crippen LogP contribution in [0.25, 0.3) is 0 Å². The Hall–Kier alpha value is -1.55. The number of hydrogen-bond donors (Lipinski definition) is 0. The zero-order chi connectivity index (χ0) is 12.8. The summed E-state index contributed by atoms with van der Waals surface area (Å²) in [5, 5.41) is 0. The topological polar surface area (TPSA) is 32.8 Å². The third-order valence-electron chi connectivity index (χ3n) is 2.44. The third kappa shape index (κ3) is 3.75. The van der Waals surface area contributed by atoms with Crippen molar-refractivity contribution in [3.05, 3.63) is 23.8 Å². The largest absolute Gasteiger partial charge is 0.491 e. The first-order chi connectivity index (χ1) is 8.06. The molecule has 0 spiro atoms. The average Bonchev–Trinajstić information content (AvgIpc) is 2.28. The fourth-order valence-corrected chi connectivity index (χ4v) is 1.50. The van der Waals surface area contributed by atoms with E-state index in [0.29, 0.717) is 17.9 Å². The van der Waals surface area contributed by atoms with Crippen LogP contribution >= 0.6 is 0 Å². The van der Waals surface area contributed by atoms with Gasteiger partial charge in [-0.3, -0.25) is 4.79 Å². The molecule has 0 aliphatic heterocycles. The van der Waals surface area contributed by atoms with Crippen molar-refractivity contribution in [1.82, 2.24) is 4.90 Å². The van der Waals surface area contributed by atoms with E-state index in [1.807, 2.05) is 56.2 Å². The predicted molar refractivity (Wildman–Crippen MR) is 70.2 cm³/mol. The quantitative estimate of drug-likeness (QED) is 0.701. The lowest BCUT2D eigenvalue weighted by atomic mass is 10.1. The van der Waals surface area contributed by atoms with Crippen molar-refractivity contribution in [3.8, 4) is 5.75 Å². The molecule has 0 aliphatic carbocycles. The van der Waals surface area contributed by atoms with Gasteiger partial charge < -0.3 is 14.5 Å². The van der Waals surface area contributed by atoms with Gasteiger partial charge in [-0.05, 0) is 26.2 Å². The number of rotatable bonds is 6. The van der Waals surface area contributed by atoms with Crippen LogP contribution in [0.5, 0.6) is 5.75 Å². The molecule has 0 N–H and O–H groups in total. The van der Waals surface area contributed by atoms with Crippen LogP contribution in [0.1, 0.15) is 10.4 Å². The molecule has 0 amide bonds. The maximum absolute atomic E-state index is 11.1. The van der Waals surface area contributed by atoms with E-state index in [1.165, 1.54) is 0 Å². The Morgan fingerprint density at radius 3 is 2.47 bits per heavy atom. The average molecular weight is 236 g/mol. The third-order valence-corrected chi connectivity index (χ3v) is 2.44. The molecule has 1 aromatic carbocycles. The Morgan fingerprint density at radius 2 is 1.94 bits per heavy atom.